The van der Waals surface area contributed by atoms with Gasteiger partial charge in [0.2, 0.25) is 0 Å². The molecule has 0 radical (unpaired) electrons. The van der Waals surface area contributed by atoms with Crippen molar-refractivity contribution in [2.45, 2.75) is 12.2 Å². The van der Waals surface area contributed by atoms with Gasteiger partial charge in [0, 0.05) is 12.2 Å². The lowest BCUT2D eigenvalue weighted by Gasteiger charge is -2.17. The van der Waals surface area contributed by atoms with E-state index in [1.807, 2.05) is 0 Å². The maximum Gasteiger partial charge on any atom is 0.380 e. The van der Waals surface area contributed by atoms with Crippen molar-refractivity contribution in [1.29, 1.82) is 0 Å². The SMILES string of the molecule is C=CC(F)(F)OC(F)(F)C=C. The Morgan fingerprint density at radius 3 is 1.36 bits per heavy atom. The molecule has 0 spiro atoms. The van der Waals surface area contributed by atoms with E-state index in [0.717, 1.165) is 0 Å². The van der Waals surface area contributed by atoms with Gasteiger partial charge in [0.25, 0.3) is 0 Å². The Labute approximate surface area is 61.0 Å². The van der Waals surface area contributed by atoms with Gasteiger partial charge in [-0.3, -0.25) is 0 Å². The Morgan fingerprint density at radius 1 is 0.909 bits per heavy atom. The predicted molar refractivity (Wildman–Crippen MR) is 31.4 cm³/mol. The molecule has 0 heterocycles. The van der Waals surface area contributed by atoms with Crippen LogP contribution in [0.4, 0.5) is 17.6 Å². The molecule has 64 valence electrons. The Morgan fingerprint density at radius 2 is 1.18 bits per heavy atom. The zero-order chi connectivity index (χ0) is 9.12. The molecule has 0 aliphatic carbocycles. The molecule has 0 saturated carbocycles. The third-order valence-electron chi connectivity index (χ3n) is 0.747. The van der Waals surface area contributed by atoms with Gasteiger partial charge in [-0.1, -0.05) is 13.2 Å². The van der Waals surface area contributed by atoms with Crippen molar-refractivity contribution < 1.29 is 22.3 Å². The van der Waals surface area contributed by atoms with Crippen LogP contribution in [0.15, 0.2) is 25.3 Å². The summed E-state index contributed by atoms with van der Waals surface area (Å²) in [6, 6.07) is 0. The van der Waals surface area contributed by atoms with Crippen molar-refractivity contribution in [1.82, 2.24) is 0 Å². The van der Waals surface area contributed by atoms with Crippen LogP contribution < -0.4 is 0 Å². The van der Waals surface area contributed by atoms with Gasteiger partial charge in [-0.05, 0) is 0 Å². The quantitative estimate of drug-likeness (QED) is 0.465. The maximum atomic E-state index is 12.0. The zero-order valence-corrected chi connectivity index (χ0v) is 5.49. The molecule has 0 unspecified atom stereocenters. The molecule has 0 N–H and O–H groups in total. The highest BCUT2D eigenvalue weighted by Gasteiger charge is 2.39. The second-order valence-electron chi connectivity index (χ2n) is 1.63. The molecule has 0 aromatic carbocycles. The highest BCUT2D eigenvalue weighted by Crippen LogP contribution is 2.27. The monoisotopic (exact) mass is 170 g/mol. The molecule has 0 aliphatic rings. The molecule has 0 saturated heterocycles. The van der Waals surface area contributed by atoms with E-state index in [9.17, 15) is 17.6 Å². The summed E-state index contributed by atoms with van der Waals surface area (Å²) in [5.41, 5.74) is 0. The van der Waals surface area contributed by atoms with E-state index in [4.69, 9.17) is 0 Å². The number of ether oxygens (including phenoxy) is 1. The summed E-state index contributed by atoms with van der Waals surface area (Å²) in [4.78, 5) is 0. The number of alkyl halides is 4. The Hall–Kier alpha value is -0.840. The third-order valence-corrected chi connectivity index (χ3v) is 0.747. The number of halogens is 4. The topological polar surface area (TPSA) is 9.23 Å². The van der Waals surface area contributed by atoms with Crippen LogP contribution in [0, 0.1) is 0 Å². The first-order valence-corrected chi connectivity index (χ1v) is 2.56. The average Bonchev–Trinajstić information content (AvgIpc) is 1.86. The predicted octanol–water partition coefficient (Wildman–Crippen LogP) is 2.56. The normalized spacial score (nSPS) is 12.7. The van der Waals surface area contributed by atoms with E-state index >= 15 is 0 Å². The first-order chi connectivity index (χ1) is 4.83. The lowest BCUT2D eigenvalue weighted by molar-refractivity contribution is -0.332. The smallest absolute Gasteiger partial charge is 0.248 e. The molecule has 0 rings (SSSR count). The summed E-state index contributed by atoms with van der Waals surface area (Å²) in [6.07, 6.45) is -8.11. The van der Waals surface area contributed by atoms with Gasteiger partial charge in [-0.15, -0.1) is 0 Å². The maximum absolute atomic E-state index is 12.0. The minimum atomic E-state index is -4.03. The summed E-state index contributed by atoms with van der Waals surface area (Å²) in [5.74, 6) is 0. The van der Waals surface area contributed by atoms with Gasteiger partial charge < -0.3 is 0 Å². The van der Waals surface area contributed by atoms with Crippen molar-refractivity contribution in [3.8, 4) is 0 Å². The molecule has 0 aromatic rings. The molecule has 1 nitrogen and oxygen atoms in total. The summed E-state index contributed by atoms with van der Waals surface area (Å²) < 4.78 is 50.9. The van der Waals surface area contributed by atoms with Crippen molar-refractivity contribution in [2.75, 3.05) is 0 Å². The lowest BCUT2D eigenvalue weighted by atomic mass is 10.5. The minimum absolute atomic E-state index is 0.0234. The Bertz CT molecular complexity index is 146. The van der Waals surface area contributed by atoms with Gasteiger partial charge in [-0.2, -0.15) is 17.6 Å². The Balaban J connectivity index is 4.23. The molecule has 11 heavy (non-hydrogen) atoms. The Kier molecular flexibility index (Phi) is 2.81. The van der Waals surface area contributed by atoms with Crippen molar-refractivity contribution >= 4 is 0 Å². The fourth-order valence-corrected chi connectivity index (χ4v) is 0.265. The minimum Gasteiger partial charge on any atom is -0.248 e. The van der Waals surface area contributed by atoms with E-state index in [0.29, 0.717) is 0 Å². The largest absolute Gasteiger partial charge is 0.380 e. The van der Waals surface area contributed by atoms with Crippen LogP contribution in [0.1, 0.15) is 0 Å². The molecular weight excluding hydrogens is 164 g/mol. The van der Waals surface area contributed by atoms with Crippen LogP contribution >= 0.6 is 0 Å². The van der Waals surface area contributed by atoms with Gasteiger partial charge in [0.1, 0.15) is 0 Å². The summed E-state index contributed by atoms with van der Waals surface area (Å²) in [5, 5.41) is 0. The van der Waals surface area contributed by atoms with Gasteiger partial charge in [0.15, 0.2) is 0 Å². The van der Waals surface area contributed by atoms with E-state index in [2.05, 4.69) is 17.9 Å². The van der Waals surface area contributed by atoms with Crippen LogP contribution in [0.3, 0.4) is 0 Å². The van der Waals surface area contributed by atoms with Crippen LogP contribution in [0.25, 0.3) is 0 Å². The second kappa shape index (κ2) is 3.04. The molecule has 0 aromatic heterocycles. The van der Waals surface area contributed by atoms with Gasteiger partial charge in [-0.25, -0.2) is 4.74 Å². The van der Waals surface area contributed by atoms with E-state index in [-0.39, 0.29) is 12.2 Å². The van der Waals surface area contributed by atoms with Crippen LogP contribution in [0.5, 0.6) is 0 Å². The van der Waals surface area contributed by atoms with E-state index in [1.54, 1.807) is 0 Å². The molecule has 0 bridgehead atoms. The van der Waals surface area contributed by atoms with Crippen molar-refractivity contribution in [2.24, 2.45) is 0 Å². The summed E-state index contributed by atoms with van der Waals surface area (Å²) in [7, 11) is 0. The number of rotatable bonds is 4. The van der Waals surface area contributed by atoms with Crippen LogP contribution in [0.2, 0.25) is 0 Å². The molecule has 0 aliphatic heterocycles. The van der Waals surface area contributed by atoms with Gasteiger partial charge >= 0.3 is 12.2 Å². The second-order valence-corrected chi connectivity index (χ2v) is 1.63. The fourth-order valence-electron chi connectivity index (χ4n) is 0.265. The number of hydrogen-bond donors (Lipinski definition) is 0. The molecule has 5 heteroatoms. The van der Waals surface area contributed by atoms with Gasteiger partial charge in [0.05, 0.1) is 0 Å². The third kappa shape index (κ3) is 3.77. The molecule has 0 amide bonds. The molecular formula is C6H6F4O. The van der Waals surface area contributed by atoms with E-state index < -0.39 is 12.2 Å². The fraction of sp³-hybridized carbons (Fsp3) is 0.333. The first kappa shape index (κ1) is 10.2. The van der Waals surface area contributed by atoms with E-state index in [1.165, 1.54) is 0 Å². The molecule has 0 atom stereocenters. The van der Waals surface area contributed by atoms with Crippen molar-refractivity contribution in [3.05, 3.63) is 25.3 Å². The first-order valence-electron chi connectivity index (χ1n) is 2.56. The average molecular weight is 170 g/mol. The van der Waals surface area contributed by atoms with Crippen LogP contribution in [-0.2, 0) is 4.74 Å². The zero-order valence-electron chi connectivity index (χ0n) is 5.49. The lowest BCUT2D eigenvalue weighted by Crippen LogP contribution is -2.29. The standard InChI is InChI=1S/C6H6F4O/c1-3-5(7,8)11-6(9,10)4-2/h3-4H,1-2H2. The van der Waals surface area contributed by atoms with Crippen LogP contribution in [-0.4, -0.2) is 12.2 Å². The molecule has 0 fully saturated rings. The number of hydrogen-bond acceptors (Lipinski definition) is 1. The summed E-state index contributed by atoms with van der Waals surface area (Å²) in [6.45, 7) is 5.22. The van der Waals surface area contributed by atoms with Crippen molar-refractivity contribution in [3.63, 3.8) is 0 Å². The highest BCUT2D eigenvalue weighted by molar-refractivity contribution is 4.85. The summed E-state index contributed by atoms with van der Waals surface area (Å²) >= 11 is 0. The highest BCUT2D eigenvalue weighted by atomic mass is 19.3.